The van der Waals surface area contributed by atoms with Crippen LogP contribution in [0.1, 0.15) is 56.2 Å². The number of nitrogens with zero attached hydrogens (tertiary/aromatic N) is 3. The third-order valence-corrected chi connectivity index (χ3v) is 5.60. The minimum absolute atomic E-state index is 0.160. The number of aromatic nitrogens is 2. The molecule has 0 aliphatic carbocycles. The molecule has 2 heterocycles. The van der Waals surface area contributed by atoms with E-state index in [9.17, 15) is 4.79 Å². The maximum absolute atomic E-state index is 13.2. The fourth-order valence-electron chi connectivity index (χ4n) is 3.85. The molecule has 0 bridgehead atoms. The highest BCUT2D eigenvalue weighted by atomic mass is 16.2. The summed E-state index contributed by atoms with van der Waals surface area (Å²) in [5.41, 5.74) is 2.75. The normalized spacial score (nSPS) is 22.2. The molecule has 1 amide bonds. The van der Waals surface area contributed by atoms with Crippen LogP contribution in [0.2, 0.25) is 0 Å². The van der Waals surface area contributed by atoms with Gasteiger partial charge in [0.25, 0.3) is 5.91 Å². The molecular weight excluding hydrogens is 298 g/mol. The predicted molar refractivity (Wildman–Crippen MR) is 98.1 cm³/mol. The van der Waals surface area contributed by atoms with Crippen molar-refractivity contribution in [3.8, 4) is 0 Å². The molecule has 0 N–H and O–H groups in total. The van der Waals surface area contributed by atoms with Crippen LogP contribution in [0.3, 0.4) is 0 Å². The van der Waals surface area contributed by atoms with Gasteiger partial charge in [0, 0.05) is 25.2 Å². The summed E-state index contributed by atoms with van der Waals surface area (Å²) in [6.07, 6.45) is 3.42. The Morgan fingerprint density at radius 2 is 2.00 bits per heavy atom. The van der Waals surface area contributed by atoms with Crippen molar-refractivity contribution in [2.24, 2.45) is 18.9 Å². The zero-order valence-electron chi connectivity index (χ0n) is 15.5. The second-order valence-corrected chi connectivity index (χ2v) is 7.70. The highest BCUT2D eigenvalue weighted by Gasteiger charge is 2.30. The van der Waals surface area contributed by atoms with Gasteiger partial charge in [-0.2, -0.15) is 0 Å². The molecule has 0 radical (unpaired) electrons. The average Bonchev–Trinajstić information content (AvgIpc) is 2.71. The summed E-state index contributed by atoms with van der Waals surface area (Å²) in [5, 5.41) is 0. The molecule has 1 aliphatic rings. The first-order valence-corrected chi connectivity index (χ1v) is 9.12. The number of fused-ring (bicyclic) bond motifs is 1. The lowest BCUT2D eigenvalue weighted by atomic mass is 9.95. The van der Waals surface area contributed by atoms with E-state index in [0.717, 1.165) is 41.8 Å². The van der Waals surface area contributed by atoms with Crippen LogP contribution in [0, 0.1) is 18.8 Å². The van der Waals surface area contributed by atoms with Crippen molar-refractivity contribution in [3.05, 3.63) is 29.6 Å². The fraction of sp³-hybridized carbons (Fsp3) is 0.600. The molecule has 1 aliphatic heterocycles. The van der Waals surface area contributed by atoms with Gasteiger partial charge >= 0.3 is 0 Å². The highest BCUT2D eigenvalue weighted by Crippen LogP contribution is 2.28. The summed E-state index contributed by atoms with van der Waals surface area (Å²) in [6, 6.07) is 6.27. The largest absolute Gasteiger partial charge is 0.335 e. The number of carbonyl (C=O) groups is 1. The van der Waals surface area contributed by atoms with Gasteiger partial charge in [0.1, 0.15) is 5.82 Å². The van der Waals surface area contributed by atoms with Crippen LogP contribution in [0.5, 0.6) is 0 Å². The molecule has 4 heteroatoms. The molecule has 3 rings (SSSR count). The van der Waals surface area contributed by atoms with Crippen LogP contribution < -0.4 is 0 Å². The van der Waals surface area contributed by atoms with Crippen molar-refractivity contribution >= 4 is 16.9 Å². The van der Waals surface area contributed by atoms with Gasteiger partial charge in [-0.05, 0) is 56.2 Å². The van der Waals surface area contributed by atoms with Crippen molar-refractivity contribution in [2.45, 2.75) is 53.0 Å². The van der Waals surface area contributed by atoms with Gasteiger partial charge in [-0.3, -0.25) is 4.79 Å². The minimum atomic E-state index is 0.160. The first-order chi connectivity index (χ1) is 11.4. The maximum atomic E-state index is 13.2. The summed E-state index contributed by atoms with van der Waals surface area (Å²) >= 11 is 0. The van der Waals surface area contributed by atoms with Crippen LogP contribution in [0.4, 0.5) is 0 Å². The second-order valence-electron chi connectivity index (χ2n) is 7.70. The molecule has 2 unspecified atom stereocenters. The summed E-state index contributed by atoms with van der Waals surface area (Å²) in [6.45, 7) is 9.61. The Balaban J connectivity index is 1.93. The van der Waals surface area contributed by atoms with Gasteiger partial charge < -0.3 is 9.47 Å². The van der Waals surface area contributed by atoms with Gasteiger partial charge in [-0.25, -0.2) is 4.98 Å². The van der Waals surface area contributed by atoms with E-state index in [0.29, 0.717) is 17.9 Å². The van der Waals surface area contributed by atoms with Crippen LogP contribution in [0.25, 0.3) is 11.0 Å². The molecular formula is C20H29N3O. The topological polar surface area (TPSA) is 38.1 Å². The zero-order valence-corrected chi connectivity index (χ0v) is 15.5. The zero-order chi connectivity index (χ0) is 17.4. The van der Waals surface area contributed by atoms with E-state index in [4.69, 9.17) is 0 Å². The molecule has 1 aromatic carbocycles. The number of imidazole rings is 1. The van der Waals surface area contributed by atoms with Gasteiger partial charge in [-0.15, -0.1) is 0 Å². The predicted octanol–water partition coefficient (Wildman–Crippen LogP) is 4.17. The Bertz CT molecular complexity index is 747. The summed E-state index contributed by atoms with van der Waals surface area (Å²) in [4.78, 5) is 19.9. The number of likely N-dealkylation sites (tertiary alicyclic amines) is 1. The Morgan fingerprint density at radius 1 is 1.25 bits per heavy atom. The number of hydrogen-bond donors (Lipinski definition) is 0. The number of amides is 1. The van der Waals surface area contributed by atoms with E-state index < -0.39 is 0 Å². The van der Waals surface area contributed by atoms with E-state index in [2.05, 4.69) is 35.2 Å². The molecule has 0 spiro atoms. The first-order valence-electron chi connectivity index (χ1n) is 9.12. The van der Waals surface area contributed by atoms with E-state index in [-0.39, 0.29) is 5.91 Å². The average molecular weight is 327 g/mol. The monoisotopic (exact) mass is 327 g/mol. The van der Waals surface area contributed by atoms with Crippen molar-refractivity contribution in [1.82, 2.24) is 14.5 Å². The first kappa shape index (κ1) is 17.0. The summed E-state index contributed by atoms with van der Waals surface area (Å²) in [7, 11) is 2.01. The van der Waals surface area contributed by atoms with Crippen LogP contribution in [-0.4, -0.2) is 32.9 Å². The quantitative estimate of drug-likeness (QED) is 0.830. The molecule has 4 nitrogen and oxygen atoms in total. The number of rotatable bonds is 2. The fourth-order valence-corrected chi connectivity index (χ4v) is 3.85. The van der Waals surface area contributed by atoms with E-state index in [1.54, 1.807) is 0 Å². The van der Waals surface area contributed by atoms with Crippen molar-refractivity contribution in [1.29, 1.82) is 0 Å². The van der Waals surface area contributed by atoms with E-state index in [1.807, 2.05) is 32.2 Å². The maximum Gasteiger partial charge on any atom is 0.254 e. The molecule has 2 atom stereocenters. The third-order valence-electron chi connectivity index (χ3n) is 5.60. The molecule has 0 saturated carbocycles. The highest BCUT2D eigenvalue weighted by molar-refractivity contribution is 5.97. The molecule has 1 fully saturated rings. The molecule has 24 heavy (non-hydrogen) atoms. The third kappa shape index (κ3) is 3.06. The van der Waals surface area contributed by atoms with Gasteiger partial charge in [0.2, 0.25) is 0 Å². The van der Waals surface area contributed by atoms with Crippen molar-refractivity contribution < 1.29 is 4.79 Å². The SMILES string of the molecule is Cc1nc2cc(C(=O)N3CCC(C)CCC3C(C)C)ccc2n1C. The van der Waals surface area contributed by atoms with Crippen LogP contribution in [-0.2, 0) is 7.05 Å². The smallest absolute Gasteiger partial charge is 0.254 e. The van der Waals surface area contributed by atoms with Crippen molar-refractivity contribution in [3.63, 3.8) is 0 Å². The standard InChI is InChI=1S/C20H29N3O/c1-13(2)18-8-6-14(3)10-11-23(18)20(24)16-7-9-19-17(12-16)21-15(4)22(19)5/h7,9,12-14,18H,6,8,10-11H2,1-5H3. The summed E-state index contributed by atoms with van der Waals surface area (Å²) in [5.74, 6) is 2.32. The number of benzene rings is 1. The Hall–Kier alpha value is -1.84. The van der Waals surface area contributed by atoms with E-state index in [1.165, 1.54) is 6.42 Å². The molecule has 2 aromatic rings. The van der Waals surface area contributed by atoms with Crippen LogP contribution in [0.15, 0.2) is 18.2 Å². The van der Waals surface area contributed by atoms with E-state index >= 15 is 0 Å². The lowest BCUT2D eigenvalue weighted by Gasteiger charge is -2.33. The molecule has 130 valence electrons. The molecule has 1 aromatic heterocycles. The Morgan fingerprint density at radius 3 is 2.71 bits per heavy atom. The summed E-state index contributed by atoms with van der Waals surface area (Å²) < 4.78 is 2.06. The van der Waals surface area contributed by atoms with Crippen molar-refractivity contribution in [2.75, 3.05) is 6.54 Å². The lowest BCUT2D eigenvalue weighted by Crippen LogP contribution is -2.42. The minimum Gasteiger partial charge on any atom is -0.335 e. The number of hydrogen-bond acceptors (Lipinski definition) is 2. The van der Waals surface area contributed by atoms with Gasteiger partial charge in [0.15, 0.2) is 0 Å². The second kappa shape index (κ2) is 6.58. The lowest BCUT2D eigenvalue weighted by molar-refractivity contribution is 0.0631. The van der Waals surface area contributed by atoms with Crippen LogP contribution >= 0.6 is 0 Å². The Labute approximate surface area is 144 Å². The Kier molecular flexibility index (Phi) is 4.66. The van der Waals surface area contributed by atoms with Gasteiger partial charge in [-0.1, -0.05) is 20.8 Å². The molecule has 1 saturated heterocycles. The van der Waals surface area contributed by atoms with Gasteiger partial charge in [0.05, 0.1) is 11.0 Å². The number of aryl methyl sites for hydroxylation is 2. The number of carbonyl (C=O) groups excluding carboxylic acids is 1.